The standard InChI is InChI=1S/C30H31N5O5/c1-36-24-8-10-25(11-9-24)40-29-28(31-19-21-16-26(37-2)18-27(17-21)38-3)20-32-30(34-29)33-22-4-6-23(7-5-22)35-12-14-39-15-13-35/h4-11,16-20H,12-15H2,1-3H3,(H,32,33,34). The molecular formula is C30H31N5O5. The molecule has 10 heteroatoms. The lowest BCUT2D eigenvalue weighted by molar-refractivity contribution is 0.122. The molecule has 1 aromatic heterocycles. The van der Waals surface area contributed by atoms with Gasteiger partial charge in [0, 0.05) is 42.3 Å². The molecule has 10 nitrogen and oxygen atoms in total. The Balaban J connectivity index is 1.40. The number of aromatic nitrogens is 2. The minimum atomic E-state index is 0.290. The number of hydrogen-bond donors (Lipinski definition) is 1. The molecule has 0 spiro atoms. The number of anilines is 3. The van der Waals surface area contributed by atoms with Gasteiger partial charge in [-0.05, 0) is 60.7 Å². The van der Waals surface area contributed by atoms with Crippen LogP contribution in [0.15, 0.2) is 77.9 Å². The number of benzene rings is 3. The largest absolute Gasteiger partial charge is 0.497 e. The highest BCUT2D eigenvalue weighted by molar-refractivity contribution is 5.84. The molecule has 1 saturated heterocycles. The summed E-state index contributed by atoms with van der Waals surface area (Å²) >= 11 is 0. The number of aliphatic imine (C=N–C) groups is 1. The molecular weight excluding hydrogens is 510 g/mol. The molecule has 3 aromatic carbocycles. The number of hydrogen-bond acceptors (Lipinski definition) is 10. The maximum absolute atomic E-state index is 6.14. The lowest BCUT2D eigenvalue weighted by Crippen LogP contribution is -2.36. The van der Waals surface area contributed by atoms with Crippen molar-refractivity contribution in [1.29, 1.82) is 0 Å². The van der Waals surface area contributed by atoms with Crippen molar-refractivity contribution in [3.05, 3.63) is 78.5 Å². The molecule has 0 bridgehead atoms. The zero-order valence-corrected chi connectivity index (χ0v) is 22.7. The van der Waals surface area contributed by atoms with Gasteiger partial charge < -0.3 is 33.9 Å². The van der Waals surface area contributed by atoms with E-state index < -0.39 is 0 Å². The molecule has 5 rings (SSSR count). The Hall–Kier alpha value is -4.83. The Kier molecular flexibility index (Phi) is 8.57. The molecule has 1 aliphatic rings. The maximum Gasteiger partial charge on any atom is 0.250 e. The lowest BCUT2D eigenvalue weighted by Gasteiger charge is -2.28. The van der Waals surface area contributed by atoms with Crippen molar-refractivity contribution in [1.82, 2.24) is 9.97 Å². The van der Waals surface area contributed by atoms with Crippen molar-refractivity contribution in [3.63, 3.8) is 0 Å². The van der Waals surface area contributed by atoms with Gasteiger partial charge in [-0.1, -0.05) is 0 Å². The molecule has 206 valence electrons. The molecule has 4 aromatic rings. The quantitative estimate of drug-likeness (QED) is 0.256. The first-order valence-electron chi connectivity index (χ1n) is 12.8. The summed E-state index contributed by atoms with van der Waals surface area (Å²) in [4.78, 5) is 16.0. The van der Waals surface area contributed by atoms with E-state index in [1.165, 1.54) is 0 Å². The van der Waals surface area contributed by atoms with E-state index in [0.29, 0.717) is 34.8 Å². The Morgan fingerprint density at radius 3 is 2.12 bits per heavy atom. The van der Waals surface area contributed by atoms with Crippen molar-refractivity contribution in [2.45, 2.75) is 0 Å². The maximum atomic E-state index is 6.14. The minimum absolute atomic E-state index is 0.290. The first-order chi connectivity index (χ1) is 19.6. The summed E-state index contributed by atoms with van der Waals surface area (Å²) in [5.41, 5.74) is 3.24. The number of morpholine rings is 1. The van der Waals surface area contributed by atoms with E-state index in [1.807, 2.05) is 36.4 Å². The van der Waals surface area contributed by atoms with Gasteiger partial charge in [-0.15, -0.1) is 0 Å². The molecule has 40 heavy (non-hydrogen) atoms. The summed E-state index contributed by atoms with van der Waals surface area (Å²) in [7, 11) is 4.82. The predicted molar refractivity (Wildman–Crippen MR) is 155 cm³/mol. The smallest absolute Gasteiger partial charge is 0.250 e. The first kappa shape index (κ1) is 26.8. The van der Waals surface area contributed by atoms with Crippen LogP contribution in [0.1, 0.15) is 5.56 Å². The SMILES string of the molecule is COc1ccc(Oc2nc(Nc3ccc(N4CCOCC4)cc3)ncc2N=Cc2cc(OC)cc(OC)c2)cc1. The second-order valence-electron chi connectivity index (χ2n) is 8.84. The third-order valence-electron chi connectivity index (χ3n) is 6.24. The zero-order valence-electron chi connectivity index (χ0n) is 22.7. The van der Waals surface area contributed by atoms with Crippen LogP contribution < -0.4 is 29.2 Å². The average Bonchev–Trinajstić information content (AvgIpc) is 3.01. The van der Waals surface area contributed by atoms with Crippen LogP contribution in [0.4, 0.5) is 23.0 Å². The molecule has 0 unspecified atom stereocenters. The van der Waals surface area contributed by atoms with Crippen molar-refractivity contribution in [2.75, 3.05) is 57.8 Å². The van der Waals surface area contributed by atoms with Gasteiger partial charge in [0.25, 0.3) is 0 Å². The van der Waals surface area contributed by atoms with Crippen molar-refractivity contribution < 1.29 is 23.7 Å². The topological polar surface area (TPSA) is 99.6 Å². The van der Waals surface area contributed by atoms with Crippen LogP contribution >= 0.6 is 0 Å². The Labute approximate surface area is 233 Å². The molecule has 1 fully saturated rings. The van der Waals surface area contributed by atoms with Gasteiger partial charge >= 0.3 is 0 Å². The first-order valence-corrected chi connectivity index (χ1v) is 12.8. The fourth-order valence-electron chi connectivity index (χ4n) is 4.09. The summed E-state index contributed by atoms with van der Waals surface area (Å²) < 4.78 is 27.6. The van der Waals surface area contributed by atoms with Crippen LogP contribution in [-0.4, -0.2) is 63.8 Å². The van der Waals surface area contributed by atoms with Gasteiger partial charge in [-0.25, -0.2) is 9.98 Å². The van der Waals surface area contributed by atoms with Gasteiger partial charge in [-0.3, -0.25) is 0 Å². The molecule has 1 aliphatic heterocycles. The molecule has 0 aliphatic carbocycles. The van der Waals surface area contributed by atoms with Crippen molar-refractivity contribution in [3.8, 4) is 28.9 Å². The Bertz CT molecular complexity index is 1420. The van der Waals surface area contributed by atoms with Crippen LogP contribution in [-0.2, 0) is 4.74 Å². The molecule has 0 saturated carbocycles. The zero-order chi connectivity index (χ0) is 27.7. The fraction of sp³-hybridized carbons (Fsp3) is 0.233. The van der Waals surface area contributed by atoms with E-state index in [0.717, 1.165) is 49.0 Å². The van der Waals surface area contributed by atoms with E-state index in [-0.39, 0.29) is 0 Å². The third kappa shape index (κ3) is 6.78. The molecule has 1 N–H and O–H groups in total. The Morgan fingerprint density at radius 1 is 0.825 bits per heavy atom. The second kappa shape index (κ2) is 12.8. The fourth-order valence-corrected chi connectivity index (χ4v) is 4.09. The van der Waals surface area contributed by atoms with Gasteiger partial charge in [-0.2, -0.15) is 4.98 Å². The van der Waals surface area contributed by atoms with E-state index in [1.54, 1.807) is 51.9 Å². The van der Waals surface area contributed by atoms with Gasteiger partial charge in [0.1, 0.15) is 28.7 Å². The van der Waals surface area contributed by atoms with E-state index >= 15 is 0 Å². The number of rotatable bonds is 10. The summed E-state index contributed by atoms with van der Waals surface area (Å²) in [5, 5.41) is 3.26. The number of nitrogens with one attached hydrogen (secondary N) is 1. The summed E-state index contributed by atoms with van der Waals surface area (Å²) in [5.74, 6) is 3.29. The van der Waals surface area contributed by atoms with Crippen LogP contribution in [0, 0.1) is 0 Å². The molecule has 0 atom stereocenters. The van der Waals surface area contributed by atoms with Crippen LogP contribution in [0.2, 0.25) is 0 Å². The van der Waals surface area contributed by atoms with Gasteiger partial charge in [0.15, 0.2) is 0 Å². The number of methoxy groups -OCH3 is 3. The highest BCUT2D eigenvalue weighted by Gasteiger charge is 2.13. The van der Waals surface area contributed by atoms with E-state index in [4.69, 9.17) is 23.7 Å². The van der Waals surface area contributed by atoms with Gasteiger partial charge in [0.05, 0.1) is 40.7 Å². The van der Waals surface area contributed by atoms with Crippen LogP contribution in [0.3, 0.4) is 0 Å². The van der Waals surface area contributed by atoms with Crippen molar-refractivity contribution >= 4 is 29.2 Å². The van der Waals surface area contributed by atoms with Crippen LogP contribution in [0.25, 0.3) is 0 Å². The van der Waals surface area contributed by atoms with E-state index in [2.05, 4.69) is 37.3 Å². The summed E-state index contributed by atoms with van der Waals surface area (Å²) in [6.45, 7) is 3.24. The lowest BCUT2D eigenvalue weighted by atomic mass is 10.2. The average molecular weight is 542 g/mol. The highest BCUT2D eigenvalue weighted by Crippen LogP contribution is 2.32. The molecule has 2 heterocycles. The number of ether oxygens (including phenoxy) is 5. The normalized spacial score (nSPS) is 13.2. The van der Waals surface area contributed by atoms with Gasteiger partial charge in [0.2, 0.25) is 11.8 Å². The van der Waals surface area contributed by atoms with E-state index in [9.17, 15) is 0 Å². The number of nitrogens with zero attached hydrogens (tertiary/aromatic N) is 4. The second-order valence-corrected chi connectivity index (χ2v) is 8.84. The summed E-state index contributed by atoms with van der Waals surface area (Å²) in [6, 6.07) is 20.9. The monoisotopic (exact) mass is 541 g/mol. The van der Waals surface area contributed by atoms with Crippen LogP contribution in [0.5, 0.6) is 28.9 Å². The predicted octanol–water partition coefficient (Wildman–Crippen LogP) is 5.63. The highest BCUT2D eigenvalue weighted by atomic mass is 16.5. The summed E-state index contributed by atoms with van der Waals surface area (Å²) in [6.07, 6.45) is 3.30. The minimum Gasteiger partial charge on any atom is -0.497 e. The molecule has 0 amide bonds. The third-order valence-corrected chi connectivity index (χ3v) is 6.24. The van der Waals surface area contributed by atoms with Crippen molar-refractivity contribution in [2.24, 2.45) is 4.99 Å². The Morgan fingerprint density at radius 2 is 1.48 bits per heavy atom. The molecule has 0 radical (unpaired) electrons.